The van der Waals surface area contributed by atoms with Gasteiger partial charge in [0.1, 0.15) is 11.6 Å². The second-order valence-corrected chi connectivity index (χ2v) is 6.76. The number of para-hydroxylation sites is 2. The van der Waals surface area contributed by atoms with Gasteiger partial charge >= 0.3 is 0 Å². The van der Waals surface area contributed by atoms with Crippen LogP contribution in [0.15, 0.2) is 53.4 Å². The van der Waals surface area contributed by atoms with Crippen LogP contribution >= 0.6 is 0 Å². The first-order valence-corrected chi connectivity index (χ1v) is 7.93. The quantitative estimate of drug-likeness (QED) is 0.805. The summed E-state index contributed by atoms with van der Waals surface area (Å²) in [6.07, 6.45) is 0. The van der Waals surface area contributed by atoms with Gasteiger partial charge in [-0.1, -0.05) is 29.8 Å². The molecule has 0 bridgehead atoms. The van der Waals surface area contributed by atoms with Crippen molar-refractivity contribution >= 4 is 20.9 Å². The molecule has 0 fully saturated rings. The summed E-state index contributed by atoms with van der Waals surface area (Å²) in [6, 6.07) is 14.4. The molecule has 20 heavy (non-hydrogen) atoms. The van der Waals surface area contributed by atoms with Crippen LogP contribution in [0.3, 0.4) is 0 Å². The van der Waals surface area contributed by atoms with E-state index < -0.39 is 9.84 Å². The van der Waals surface area contributed by atoms with Gasteiger partial charge in [-0.05, 0) is 31.2 Å². The number of aryl methyl sites for hydroxylation is 1. The van der Waals surface area contributed by atoms with Crippen molar-refractivity contribution in [1.29, 1.82) is 0 Å². The van der Waals surface area contributed by atoms with E-state index in [1.54, 1.807) is 24.3 Å². The van der Waals surface area contributed by atoms with E-state index in [2.05, 4.69) is 9.97 Å². The minimum Gasteiger partial charge on any atom is -0.341 e. The molecular formula is C15H14N2O2S. The number of imidazole rings is 1. The molecule has 0 aliphatic rings. The Balaban J connectivity index is 1.94. The summed E-state index contributed by atoms with van der Waals surface area (Å²) in [7, 11) is -3.37. The van der Waals surface area contributed by atoms with Crippen LogP contribution in [0.4, 0.5) is 0 Å². The number of benzene rings is 2. The number of H-pyrrole nitrogens is 1. The zero-order chi connectivity index (χ0) is 14.2. The number of sulfone groups is 1. The summed E-state index contributed by atoms with van der Waals surface area (Å²) in [6.45, 7) is 1.93. The van der Waals surface area contributed by atoms with E-state index in [0.717, 1.165) is 16.6 Å². The van der Waals surface area contributed by atoms with Gasteiger partial charge in [0.15, 0.2) is 9.84 Å². The second kappa shape index (κ2) is 4.76. The van der Waals surface area contributed by atoms with Crippen LogP contribution < -0.4 is 0 Å². The van der Waals surface area contributed by atoms with Crippen LogP contribution in [0.2, 0.25) is 0 Å². The molecule has 0 spiro atoms. The molecule has 0 unspecified atom stereocenters. The van der Waals surface area contributed by atoms with E-state index in [-0.39, 0.29) is 5.75 Å². The summed E-state index contributed by atoms with van der Waals surface area (Å²) >= 11 is 0. The number of nitrogens with zero attached hydrogens (tertiary/aromatic N) is 1. The standard InChI is InChI=1S/C15H14N2O2S/c1-11-6-8-12(9-7-11)20(18,19)10-15-16-13-4-2-3-5-14(13)17-15/h2-9H,10H2,1H3,(H,16,17). The summed E-state index contributed by atoms with van der Waals surface area (Å²) in [5.74, 6) is 0.344. The Kier molecular flexibility index (Phi) is 3.06. The van der Waals surface area contributed by atoms with Crippen LogP contribution in [0, 0.1) is 6.92 Å². The second-order valence-electron chi connectivity index (χ2n) is 4.77. The number of fused-ring (bicyclic) bond motifs is 1. The van der Waals surface area contributed by atoms with Crippen molar-refractivity contribution in [1.82, 2.24) is 9.97 Å². The largest absolute Gasteiger partial charge is 0.341 e. The number of aromatic amines is 1. The molecule has 5 heteroatoms. The minimum atomic E-state index is -3.37. The van der Waals surface area contributed by atoms with Crippen molar-refractivity contribution < 1.29 is 8.42 Å². The highest BCUT2D eigenvalue weighted by atomic mass is 32.2. The normalized spacial score (nSPS) is 11.8. The van der Waals surface area contributed by atoms with E-state index in [9.17, 15) is 8.42 Å². The third-order valence-electron chi connectivity index (χ3n) is 3.15. The number of hydrogen-bond donors (Lipinski definition) is 1. The van der Waals surface area contributed by atoms with Crippen molar-refractivity contribution in [2.75, 3.05) is 0 Å². The Labute approximate surface area is 117 Å². The molecule has 0 saturated carbocycles. The maximum atomic E-state index is 12.3. The first kappa shape index (κ1) is 12.9. The molecule has 102 valence electrons. The zero-order valence-electron chi connectivity index (χ0n) is 11.0. The highest BCUT2D eigenvalue weighted by Gasteiger charge is 2.17. The predicted molar refractivity (Wildman–Crippen MR) is 78.2 cm³/mol. The molecule has 3 rings (SSSR count). The molecule has 0 atom stereocenters. The molecule has 2 aromatic carbocycles. The van der Waals surface area contributed by atoms with E-state index in [1.807, 2.05) is 31.2 Å². The van der Waals surface area contributed by atoms with Crippen molar-refractivity contribution in [3.8, 4) is 0 Å². The predicted octanol–water partition coefficient (Wildman–Crippen LogP) is 2.85. The van der Waals surface area contributed by atoms with Crippen molar-refractivity contribution in [2.24, 2.45) is 0 Å². The number of hydrogen-bond acceptors (Lipinski definition) is 3. The van der Waals surface area contributed by atoms with Crippen LogP contribution in [-0.4, -0.2) is 18.4 Å². The van der Waals surface area contributed by atoms with Gasteiger partial charge < -0.3 is 4.98 Å². The van der Waals surface area contributed by atoms with Crippen LogP contribution in [0.25, 0.3) is 11.0 Å². The Morgan fingerprint density at radius 1 is 1.05 bits per heavy atom. The summed E-state index contributed by atoms with van der Waals surface area (Å²) in [4.78, 5) is 7.67. The highest BCUT2D eigenvalue weighted by Crippen LogP contribution is 2.18. The summed E-state index contributed by atoms with van der Waals surface area (Å²) in [5.41, 5.74) is 2.66. The van der Waals surface area contributed by atoms with E-state index >= 15 is 0 Å². The molecule has 0 aliphatic heterocycles. The van der Waals surface area contributed by atoms with Gasteiger partial charge in [0, 0.05) is 0 Å². The zero-order valence-corrected chi connectivity index (χ0v) is 11.8. The Morgan fingerprint density at radius 3 is 2.45 bits per heavy atom. The first-order chi connectivity index (χ1) is 9.54. The Hall–Kier alpha value is -2.14. The lowest BCUT2D eigenvalue weighted by molar-refractivity contribution is 0.594. The van der Waals surface area contributed by atoms with E-state index in [4.69, 9.17) is 0 Å². The molecule has 0 amide bonds. The van der Waals surface area contributed by atoms with Gasteiger partial charge in [0.2, 0.25) is 0 Å². The smallest absolute Gasteiger partial charge is 0.185 e. The number of rotatable bonds is 3. The van der Waals surface area contributed by atoms with Crippen LogP contribution in [-0.2, 0) is 15.6 Å². The van der Waals surface area contributed by atoms with Gasteiger partial charge in [-0.25, -0.2) is 13.4 Å². The van der Waals surface area contributed by atoms with Gasteiger partial charge in [-0.3, -0.25) is 0 Å². The monoisotopic (exact) mass is 286 g/mol. The topological polar surface area (TPSA) is 62.8 Å². The van der Waals surface area contributed by atoms with Crippen molar-refractivity contribution in [3.63, 3.8) is 0 Å². The van der Waals surface area contributed by atoms with Crippen LogP contribution in [0.5, 0.6) is 0 Å². The Bertz CT molecular complexity index is 816. The van der Waals surface area contributed by atoms with Gasteiger partial charge in [0.25, 0.3) is 0 Å². The van der Waals surface area contributed by atoms with E-state index in [1.165, 1.54) is 0 Å². The Morgan fingerprint density at radius 2 is 1.75 bits per heavy atom. The SMILES string of the molecule is Cc1ccc(S(=O)(=O)Cc2nc3ccccc3[nH]2)cc1. The van der Waals surface area contributed by atoms with Gasteiger partial charge in [-0.15, -0.1) is 0 Å². The average Bonchev–Trinajstić information content (AvgIpc) is 2.80. The molecule has 3 aromatic rings. The lowest BCUT2D eigenvalue weighted by Gasteiger charge is -2.02. The fourth-order valence-corrected chi connectivity index (χ4v) is 3.30. The molecule has 1 N–H and O–H groups in total. The molecule has 0 saturated heterocycles. The maximum absolute atomic E-state index is 12.3. The summed E-state index contributed by atoms with van der Waals surface area (Å²) in [5, 5.41) is 0. The van der Waals surface area contributed by atoms with Crippen molar-refractivity contribution in [3.05, 3.63) is 59.9 Å². The number of aromatic nitrogens is 2. The third-order valence-corrected chi connectivity index (χ3v) is 4.79. The van der Waals surface area contributed by atoms with Crippen molar-refractivity contribution in [2.45, 2.75) is 17.6 Å². The third kappa shape index (κ3) is 2.44. The van der Waals surface area contributed by atoms with Crippen LogP contribution in [0.1, 0.15) is 11.4 Å². The first-order valence-electron chi connectivity index (χ1n) is 6.28. The molecule has 4 nitrogen and oxygen atoms in total. The molecule has 1 heterocycles. The fourth-order valence-electron chi connectivity index (χ4n) is 2.08. The molecule has 0 radical (unpaired) electrons. The molecule has 1 aromatic heterocycles. The van der Waals surface area contributed by atoms with Gasteiger partial charge in [-0.2, -0.15) is 0 Å². The number of nitrogens with one attached hydrogen (secondary N) is 1. The maximum Gasteiger partial charge on any atom is 0.185 e. The molecule has 0 aliphatic carbocycles. The average molecular weight is 286 g/mol. The minimum absolute atomic E-state index is 0.120. The van der Waals surface area contributed by atoms with E-state index in [0.29, 0.717) is 10.7 Å². The lowest BCUT2D eigenvalue weighted by atomic mass is 10.2. The molecular weight excluding hydrogens is 272 g/mol. The van der Waals surface area contributed by atoms with Gasteiger partial charge in [0.05, 0.1) is 15.9 Å². The summed E-state index contributed by atoms with van der Waals surface area (Å²) < 4.78 is 24.7. The fraction of sp³-hybridized carbons (Fsp3) is 0.133. The lowest BCUT2D eigenvalue weighted by Crippen LogP contribution is -2.06. The highest BCUT2D eigenvalue weighted by molar-refractivity contribution is 7.90.